The van der Waals surface area contributed by atoms with E-state index in [-0.39, 0.29) is 0 Å². The summed E-state index contributed by atoms with van der Waals surface area (Å²) in [5.74, 6) is 1.02. The minimum Gasteiger partial charge on any atom is -0.244 e. The molecule has 0 aliphatic heterocycles. The molecular weight excluding hydrogens is 190 g/mol. The molecule has 66 valence electrons. The van der Waals surface area contributed by atoms with Crippen LogP contribution >= 0.6 is 23.4 Å². The van der Waals surface area contributed by atoms with E-state index in [1.807, 2.05) is 30.1 Å². The molecule has 1 rings (SSSR count). The van der Waals surface area contributed by atoms with E-state index in [0.717, 1.165) is 5.75 Å². The summed E-state index contributed by atoms with van der Waals surface area (Å²) in [4.78, 5) is 4.01. The lowest BCUT2D eigenvalue weighted by Crippen LogP contribution is -1.89. The van der Waals surface area contributed by atoms with Crippen LogP contribution in [0.2, 0.25) is 5.15 Å². The molecule has 0 aromatic carbocycles. The highest BCUT2D eigenvalue weighted by molar-refractivity contribution is 7.99. The average molecular weight is 202 g/mol. The van der Waals surface area contributed by atoms with E-state index in [9.17, 15) is 0 Å². The van der Waals surface area contributed by atoms with E-state index in [4.69, 9.17) is 11.6 Å². The molecule has 1 aromatic rings. The fraction of sp³-hybridized carbons (Fsp3) is 0.444. The second kappa shape index (κ2) is 4.73. The lowest BCUT2D eigenvalue weighted by Gasteiger charge is -2.03. The maximum absolute atomic E-state index is 5.66. The zero-order chi connectivity index (χ0) is 8.97. The zero-order valence-corrected chi connectivity index (χ0v) is 8.82. The van der Waals surface area contributed by atoms with Crippen molar-refractivity contribution in [1.29, 1.82) is 0 Å². The van der Waals surface area contributed by atoms with Gasteiger partial charge in [0.05, 0.1) is 0 Å². The van der Waals surface area contributed by atoms with E-state index < -0.39 is 0 Å². The number of nitrogens with zero attached hydrogens (tertiary/aromatic N) is 1. The van der Waals surface area contributed by atoms with Crippen molar-refractivity contribution in [2.24, 2.45) is 0 Å². The van der Waals surface area contributed by atoms with Gasteiger partial charge in [-0.3, -0.25) is 0 Å². The summed E-state index contributed by atoms with van der Waals surface area (Å²) >= 11 is 7.56. The van der Waals surface area contributed by atoms with E-state index in [1.165, 1.54) is 5.56 Å². The normalized spacial score (nSPS) is 10.7. The third-order valence-corrected chi connectivity index (χ3v) is 2.76. The van der Waals surface area contributed by atoms with Gasteiger partial charge >= 0.3 is 0 Å². The third-order valence-electron chi connectivity index (χ3n) is 1.37. The molecular formula is C9H12ClNS. The van der Waals surface area contributed by atoms with Crippen molar-refractivity contribution in [3.8, 4) is 0 Å². The number of hydrogen-bond acceptors (Lipinski definition) is 2. The highest BCUT2D eigenvalue weighted by Gasteiger charge is 1.97. The first-order valence-corrected chi connectivity index (χ1v) is 5.33. The minimum atomic E-state index is 0.563. The Morgan fingerprint density at radius 1 is 1.50 bits per heavy atom. The van der Waals surface area contributed by atoms with E-state index in [2.05, 4.69) is 18.8 Å². The van der Waals surface area contributed by atoms with Crippen LogP contribution in [0, 0.1) is 0 Å². The van der Waals surface area contributed by atoms with Crippen molar-refractivity contribution >= 4 is 23.4 Å². The van der Waals surface area contributed by atoms with Gasteiger partial charge in [-0.05, 0) is 16.9 Å². The highest BCUT2D eigenvalue weighted by Crippen LogP contribution is 2.17. The Morgan fingerprint density at radius 3 is 2.75 bits per heavy atom. The molecule has 3 heteroatoms. The van der Waals surface area contributed by atoms with E-state index in [1.54, 1.807) is 0 Å². The van der Waals surface area contributed by atoms with Gasteiger partial charge in [-0.2, -0.15) is 11.8 Å². The first-order chi connectivity index (χ1) is 5.68. The number of halogens is 1. The topological polar surface area (TPSA) is 12.9 Å². The van der Waals surface area contributed by atoms with Gasteiger partial charge in [0.2, 0.25) is 0 Å². The molecule has 0 saturated carbocycles. The van der Waals surface area contributed by atoms with Crippen LogP contribution in [0.5, 0.6) is 0 Å². The number of hydrogen-bond donors (Lipinski definition) is 0. The van der Waals surface area contributed by atoms with Crippen LogP contribution in [0.15, 0.2) is 18.3 Å². The monoisotopic (exact) mass is 201 g/mol. The van der Waals surface area contributed by atoms with Crippen LogP contribution < -0.4 is 0 Å². The fourth-order valence-corrected chi connectivity index (χ4v) is 1.56. The quantitative estimate of drug-likeness (QED) is 0.696. The summed E-state index contributed by atoms with van der Waals surface area (Å²) in [6.45, 7) is 4.38. The summed E-state index contributed by atoms with van der Waals surface area (Å²) in [6.07, 6.45) is 1.83. The van der Waals surface area contributed by atoms with Crippen LogP contribution in [-0.4, -0.2) is 10.2 Å². The van der Waals surface area contributed by atoms with Gasteiger partial charge in [0.15, 0.2) is 0 Å². The minimum absolute atomic E-state index is 0.563. The van der Waals surface area contributed by atoms with Gasteiger partial charge in [-0.15, -0.1) is 0 Å². The van der Waals surface area contributed by atoms with E-state index in [0.29, 0.717) is 10.4 Å². The van der Waals surface area contributed by atoms with Gasteiger partial charge in [0.25, 0.3) is 0 Å². The molecule has 1 aromatic heterocycles. The third kappa shape index (κ3) is 3.46. The smallest absolute Gasteiger partial charge is 0.129 e. The van der Waals surface area contributed by atoms with Crippen molar-refractivity contribution in [1.82, 2.24) is 4.98 Å². The largest absolute Gasteiger partial charge is 0.244 e. The summed E-state index contributed by atoms with van der Waals surface area (Å²) in [5, 5.41) is 1.23. The SMILES string of the molecule is CC(C)SCc1ccc(Cl)nc1. The summed E-state index contributed by atoms with van der Waals surface area (Å²) in [6, 6.07) is 3.85. The maximum atomic E-state index is 5.66. The number of pyridine rings is 1. The highest BCUT2D eigenvalue weighted by atomic mass is 35.5. The van der Waals surface area contributed by atoms with Crippen LogP contribution in [0.1, 0.15) is 19.4 Å². The van der Waals surface area contributed by atoms with Crippen LogP contribution in [0.4, 0.5) is 0 Å². The summed E-state index contributed by atoms with van der Waals surface area (Å²) in [5.41, 5.74) is 1.23. The fourth-order valence-electron chi connectivity index (χ4n) is 0.755. The number of thioether (sulfide) groups is 1. The molecule has 0 aliphatic rings. The Bertz CT molecular complexity index is 233. The zero-order valence-electron chi connectivity index (χ0n) is 7.25. The van der Waals surface area contributed by atoms with E-state index >= 15 is 0 Å². The van der Waals surface area contributed by atoms with Crippen molar-refractivity contribution < 1.29 is 0 Å². The molecule has 0 atom stereocenters. The van der Waals surface area contributed by atoms with Crippen molar-refractivity contribution in [2.45, 2.75) is 24.9 Å². The van der Waals surface area contributed by atoms with Crippen LogP contribution in [-0.2, 0) is 5.75 Å². The number of rotatable bonds is 3. The van der Waals surface area contributed by atoms with Gasteiger partial charge in [0.1, 0.15) is 5.15 Å². The molecule has 1 heterocycles. The molecule has 0 N–H and O–H groups in total. The molecule has 0 aliphatic carbocycles. The predicted octanol–water partition coefficient (Wildman–Crippen LogP) is 3.38. The first-order valence-electron chi connectivity index (χ1n) is 3.90. The average Bonchev–Trinajstić information content (AvgIpc) is 2.03. The molecule has 12 heavy (non-hydrogen) atoms. The molecule has 0 unspecified atom stereocenters. The van der Waals surface area contributed by atoms with Gasteiger partial charge in [-0.1, -0.05) is 31.5 Å². The Balaban J connectivity index is 2.48. The second-order valence-corrected chi connectivity index (χ2v) is 4.80. The Hall–Kier alpha value is -0.210. The van der Waals surface area contributed by atoms with Gasteiger partial charge in [0, 0.05) is 11.9 Å². The van der Waals surface area contributed by atoms with Crippen molar-refractivity contribution in [3.05, 3.63) is 29.0 Å². The van der Waals surface area contributed by atoms with Gasteiger partial charge in [-0.25, -0.2) is 4.98 Å². The summed E-state index contributed by atoms with van der Waals surface area (Å²) in [7, 11) is 0. The predicted molar refractivity (Wildman–Crippen MR) is 55.7 cm³/mol. The molecule has 0 spiro atoms. The molecule has 0 amide bonds. The molecule has 0 radical (unpaired) electrons. The molecule has 0 fully saturated rings. The first kappa shape index (κ1) is 9.87. The van der Waals surface area contributed by atoms with Crippen molar-refractivity contribution in [2.75, 3.05) is 0 Å². The maximum Gasteiger partial charge on any atom is 0.129 e. The van der Waals surface area contributed by atoms with Crippen LogP contribution in [0.3, 0.4) is 0 Å². The van der Waals surface area contributed by atoms with Gasteiger partial charge < -0.3 is 0 Å². The van der Waals surface area contributed by atoms with Crippen LogP contribution in [0.25, 0.3) is 0 Å². The molecule has 1 nitrogen and oxygen atoms in total. The lowest BCUT2D eigenvalue weighted by molar-refractivity contribution is 1.11. The Kier molecular flexibility index (Phi) is 3.89. The van der Waals surface area contributed by atoms with Crippen molar-refractivity contribution in [3.63, 3.8) is 0 Å². The lowest BCUT2D eigenvalue weighted by atomic mass is 10.3. The summed E-state index contributed by atoms with van der Waals surface area (Å²) < 4.78 is 0. The second-order valence-electron chi connectivity index (χ2n) is 2.85. The molecule has 0 saturated heterocycles. The molecule has 0 bridgehead atoms. The standard InChI is InChI=1S/C9H12ClNS/c1-7(2)12-6-8-3-4-9(10)11-5-8/h3-5,7H,6H2,1-2H3. The Morgan fingerprint density at radius 2 is 2.25 bits per heavy atom. The Labute approximate surface area is 82.5 Å². The number of aromatic nitrogens is 1.